The Morgan fingerprint density at radius 2 is 1.75 bits per heavy atom. The first-order valence-corrected chi connectivity index (χ1v) is 10.3. The first-order valence-electron chi connectivity index (χ1n) is 10.3. The molecule has 4 heteroatoms. The quantitative estimate of drug-likeness (QED) is 0.646. The monoisotopic (exact) mass is 378 g/mol. The molecule has 3 N–H and O–H groups in total. The van der Waals surface area contributed by atoms with E-state index in [0.717, 1.165) is 65.2 Å². The van der Waals surface area contributed by atoms with Crippen LogP contribution in [0, 0.1) is 11.8 Å². The molecule has 0 saturated heterocycles. The van der Waals surface area contributed by atoms with Crippen LogP contribution in [0.4, 0.5) is 0 Å². The molecule has 2 aromatic carbocycles. The van der Waals surface area contributed by atoms with Gasteiger partial charge in [-0.25, -0.2) is 0 Å². The van der Waals surface area contributed by atoms with Crippen molar-refractivity contribution in [2.45, 2.75) is 44.3 Å². The normalized spacial score (nSPS) is 26.5. The largest absolute Gasteiger partial charge is 0.457 e. The molecule has 4 nitrogen and oxygen atoms in total. The smallest absolute Gasteiger partial charge is 0.134 e. The number of aliphatic hydroxyl groups is 3. The number of fused-ring (bicyclic) bond motifs is 2. The minimum Gasteiger partial charge on any atom is -0.457 e. The molecule has 4 unspecified atom stereocenters. The lowest BCUT2D eigenvalue weighted by Crippen LogP contribution is -2.32. The standard InChI is InChI=1S/C24H26O4/c25-11-3-1-2-4-14-5-7-16(8-6-14)28-20-10-9-17-21-19(20)13-15-12-18(15)22(21)24(27)23(17)26/h5-10,13,15,18,23-27H,1-4,11-12H2. The van der Waals surface area contributed by atoms with E-state index in [0.29, 0.717) is 11.8 Å². The lowest BCUT2D eigenvalue weighted by atomic mass is 9.99. The van der Waals surface area contributed by atoms with Crippen molar-refractivity contribution in [2.75, 3.05) is 6.61 Å². The molecule has 3 aliphatic rings. The first-order chi connectivity index (χ1) is 13.7. The zero-order valence-corrected chi connectivity index (χ0v) is 15.8. The zero-order chi connectivity index (χ0) is 19.3. The molecule has 0 bridgehead atoms. The lowest BCUT2D eigenvalue weighted by Gasteiger charge is -2.13. The van der Waals surface area contributed by atoms with Gasteiger partial charge in [0.1, 0.15) is 23.7 Å². The van der Waals surface area contributed by atoms with Crippen molar-refractivity contribution in [1.29, 1.82) is 0 Å². The number of hydrogen-bond donors (Lipinski definition) is 3. The molecule has 28 heavy (non-hydrogen) atoms. The second kappa shape index (κ2) is 7.03. The zero-order valence-electron chi connectivity index (χ0n) is 15.8. The van der Waals surface area contributed by atoms with Crippen LogP contribution < -0.4 is 15.2 Å². The summed E-state index contributed by atoms with van der Waals surface area (Å²) in [6, 6.07) is 12.0. The van der Waals surface area contributed by atoms with E-state index in [1.165, 1.54) is 5.56 Å². The van der Waals surface area contributed by atoms with Crippen molar-refractivity contribution in [2.24, 2.45) is 11.8 Å². The third kappa shape index (κ3) is 2.96. The number of hydrogen-bond acceptors (Lipinski definition) is 4. The highest BCUT2D eigenvalue weighted by molar-refractivity contribution is 5.70. The summed E-state index contributed by atoms with van der Waals surface area (Å²) in [6.07, 6.45) is 5.70. The van der Waals surface area contributed by atoms with Gasteiger partial charge in [0.05, 0.1) is 0 Å². The van der Waals surface area contributed by atoms with E-state index in [9.17, 15) is 10.2 Å². The molecule has 0 heterocycles. The van der Waals surface area contributed by atoms with Crippen molar-refractivity contribution in [3.63, 3.8) is 0 Å². The summed E-state index contributed by atoms with van der Waals surface area (Å²) in [6.45, 7) is 0.266. The molecular formula is C24H26O4. The van der Waals surface area contributed by atoms with Gasteiger partial charge >= 0.3 is 0 Å². The van der Waals surface area contributed by atoms with Crippen molar-refractivity contribution in [3.8, 4) is 11.5 Å². The van der Waals surface area contributed by atoms with Crippen LogP contribution in [0.25, 0.3) is 11.6 Å². The maximum atomic E-state index is 10.5. The van der Waals surface area contributed by atoms with E-state index in [4.69, 9.17) is 9.84 Å². The molecule has 0 aromatic heterocycles. The van der Waals surface area contributed by atoms with Crippen LogP contribution in [0.15, 0.2) is 36.4 Å². The van der Waals surface area contributed by atoms with Gasteiger partial charge in [0, 0.05) is 11.8 Å². The van der Waals surface area contributed by atoms with Gasteiger partial charge in [0.15, 0.2) is 0 Å². The predicted octanol–water partition coefficient (Wildman–Crippen LogP) is 2.17. The molecule has 3 aliphatic carbocycles. The molecule has 2 aromatic rings. The number of benzene rings is 2. The van der Waals surface area contributed by atoms with Crippen LogP contribution in [0.2, 0.25) is 0 Å². The Morgan fingerprint density at radius 3 is 2.54 bits per heavy atom. The fourth-order valence-electron chi connectivity index (χ4n) is 4.77. The SMILES string of the molecule is OCCCCCc1ccc(Oc2ccc3c4c2=CC2CC2C=4C(O)C3O)cc1. The van der Waals surface area contributed by atoms with Gasteiger partial charge in [0.2, 0.25) is 0 Å². The molecule has 0 spiro atoms. The summed E-state index contributed by atoms with van der Waals surface area (Å²) in [7, 11) is 0. The average molecular weight is 378 g/mol. The fraction of sp³-hybridized carbons (Fsp3) is 0.417. The number of unbranched alkanes of at least 4 members (excludes halogenated alkanes) is 2. The third-order valence-corrected chi connectivity index (χ3v) is 6.36. The Balaban J connectivity index is 1.40. The number of rotatable bonds is 7. The van der Waals surface area contributed by atoms with E-state index >= 15 is 0 Å². The van der Waals surface area contributed by atoms with Gasteiger partial charge in [0.25, 0.3) is 0 Å². The summed E-state index contributed by atoms with van der Waals surface area (Å²) in [5.74, 6) is 2.43. The Hall–Kier alpha value is -2.14. The molecule has 5 rings (SSSR count). The maximum Gasteiger partial charge on any atom is 0.134 e. The van der Waals surface area contributed by atoms with Gasteiger partial charge in [-0.05, 0) is 77.6 Å². The topological polar surface area (TPSA) is 69.9 Å². The van der Waals surface area contributed by atoms with Crippen LogP contribution in [0.1, 0.15) is 42.9 Å². The molecule has 0 aliphatic heterocycles. The highest BCUT2D eigenvalue weighted by Crippen LogP contribution is 2.51. The van der Waals surface area contributed by atoms with Gasteiger partial charge < -0.3 is 20.1 Å². The van der Waals surface area contributed by atoms with Crippen molar-refractivity contribution in [1.82, 2.24) is 0 Å². The van der Waals surface area contributed by atoms with Gasteiger partial charge in [-0.3, -0.25) is 0 Å². The maximum absolute atomic E-state index is 10.5. The van der Waals surface area contributed by atoms with Crippen molar-refractivity contribution >= 4 is 11.6 Å². The highest BCUT2D eigenvalue weighted by atomic mass is 16.5. The van der Waals surface area contributed by atoms with Crippen molar-refractivity contribution < 1.29 is 20.1 Å². The van der Waals surface area contributed by atoms with Crippen molar-refractivity contribution in [3.05, 3.63) is 58.0 Å². The molecule has 146 valence electrons. The summed E-state index contributed by atoms with van der Waals surface area (Å²) in [4.78, 5) is 0. The summed E-state index contributed by atoms with van der Waals surface area (Å²) < 4.78 is 6.20. The number of ether oxygens (including phenoxy) is 1. The van der Waals surface area contributed by atoms with Crippen LogP contribution in [0.5, 0.6) is 11.5 Å². The van der Waals surface area contributed by atoms with E-state index in [-0.39, 0.29) is 6.61 Å². The van der Waals surface area contributed by atoms with Gasteiger partial charge in [-0.15, -0.1) is 0 Å². The molecule has 1 fully saturated rings. The van der Waals surface area contributed by atoms with E-state index < -0.39 is 12.2 Å². The second-order valence-electron chi connectivity index (χ2n) is 8.24. The van der Waals surface area contributed by atoms with Crippen LogP contribution in [-0.4, -0.2) is 28.0 Å². The second-order valence-corrected chi connectivity index (χ2v) is 8.24. The van der Waals surface area contributed by atoms with Gasteiger partial charge in [-0.2, -0.15) is 0 Å². The summed E-state index contributed by atoms with van der Waals surface area (Å²) >= 11 is 0. The highest BCUT2D eigenvalue weighted by Gasteiger charge is 2.48. The molecular weight excluding hydrogens is 352 g/mol. The summed E-state index contributed by atoms with van der Waals surface area (Å²) in [5, 5.41) is 31.8. The molecule has 0 radical (unpaired) electrons. The van der Waals surface area contributed by atoms with Crippen LogP contribution in [0.3, 0.4) is 0 Å². The first kappa shape index (κ1) is 17.9. The number of aryl methyl sites for hydroxylation is 1. The van der Waals surface area contributed by atoms with E-state index in [1.807, 2.05) is 24.3 Å². The predicted molar refractivity (Wildman–Crippen MR) is 107 cm³/mol. The molecule has 0 amide bonds. The average Bonchev–Trinajstić information content (AvgIpc) is 3.44. The fourth-order valence-corrected chi connectivity index (χ4v) is 4.77. The molecule has 1 saturated carbocycles. The Bertz CT molecular complexity index is 1010. The minimum atomic E-state index is -0.823. The van der Waals surface area contributed by atoms with E-state index in [2.05, 4.69) is 18.2 Å². The molecule has 4 atom stereocenters. The van der Waals surface area contributed by atoms with Crippen LogP contribution in [-0.2, 0) is 6.42 Å². The Labute approximate surface area is 164 Å². The Kier molecular flexibility index (Phi) is 4.50. The van der Waals surface area contributed by atoms with Gasteiger partial charge in [-0.1, -0.05) is 30.7 Å². The third-order valence-electron chi connectivity index (χ3n) is 6.36. The Morgan fingerprint density at radius 1 is 0.929 bits per heavy atom. The summed E-state index contributed by atoms with van der Waals surface area (Å²) in [5.41, 5.74) is 3.10. The lowest BCUT2D eigenvalue weighted by molar-refractivity contribution is 0.0573. The van der Waals surface area contributed by atoms with Crippen LogP contribution >= 0.6 is 0 Å². The van der Waals surface area contributed by atoms with E-state index in [1.54, 1.807) is 0 Å². The minimum absolute atomic E-state index is 0.266. The number of aliphatic hydroxyl groups excluding tert-OH is 3.